The molecule has 1 aliphatic heterocycles. The third kappa shape index (κ3) is 5.94. The number of benzene rings is 2. The van der Waals surface area contributed by atoms with Crippen molar-refractivity contribution in [3.05, 3.63) is 71.7 Å². The molecule has 0 bridgehead atoms. The van der Waals surface area contributed by atoms with Crippen LogP contribution in [0.25, 0.3) is 0 Å². The molecule has 4 rings (SSSR count). The number of aromatic nitrogens is 2. The molecule has 0 spiro atoms. The van der Waals surface area contributed by atoms with E-state index in [0.29, 0.717) is 17.2 Å². The van der Waals surface area contributed by atoms with Crippen LogP contribution in [0.3, 0.4) is 0 Å². The van der Waals surface area contributed by atoms with Crippen LogP contribution in [0, 0.1) is 12.7 Å². The number of aryl methyl sites for hydroxylation is 1. The van der Waals surface area contributed by atoms with Crippen LogP contribution in [0.5, 0.6) is 0 Å². The highest BCUT2D eigenvalue weighted by Gasteiger charge is 2.15. The van der Waals surface area contributed by atoms with Crippen molar-refractivity contribution in [3.8, 4) is 0 Å². The van der Waals surface area contributed by atoms with Crippen molar-refractivity contribution in [1.82, 2.24) is 9.97 Å². The Morgan fingerprint density at radius 3 is 2.28 bits per heavy atom. The van der Waals surface area contributed by atoms with Gasteiger partial charge in [-0.25, -0.2) is 17.8 Å². The third-order valence-electron chi connectivity index (χ3n) is 5.21. The van der Waals surface area contributed by atoms with E-state index in [1.165, 1.54) is 43.5 Å². The molecule has 3 aromatic rings. The molecule has 0 aliphatic carbocycles. The Kier molecular flexibility index (Phi) is 6.55. The molecule has 0 radical (unpaired) electrons. The van der Waals surface area contributed by atoms with Crippen molar-refractivity contribution in [2.45, 2.75) is 31.9 Å². The lowest BCUT2D eigenvalue weighted by Gasteiger charge is -2.28. The van der Waals surface area contributed by atoms with Gasteiger partial charge in [-0.15, -0.1) is 0 Å². The highest BCUT2D eigenvalue weighted by molar-refractivity contribution is 7.91. The van der Waals surface area contributed by atoms with Crippen molar-refractivity contribution >= 4 is 33.2 Å². The number of anilines is 4. The van der Waals surface area contributed by atoms with E-state index < -0.39 is 15.8 Å². The van der Waals surface area contributed by atoms with E-state index in [4.69, 9.17) is 0 Å². The van der Waals surface area contributed by atoms with E-state index in [1.54, 1.807) is 24.3 Å². The van der Waals surface area contributed by atoms with Crippen LogP contribution in [0.1, 0.15) is 30.5 Å². The van der Waals surface area contributed by atoms with E-state index in [-0.39, 0.29) is 5.75 Å². The molecule has 2 heterocycles. The smallest absolute Gasteiger partial charge is 0.236 e. The molecule has 7 nitrogen and oxygen atoms in total. The molecular weight excluding hydrogens is 429 g/mol. The minimum atomic E-state index is -3.62. The first kappa shape index (κ1) is 22.0. The second-order valence-electron chi connectivity index (χ2n) is 7.93. The van der Waals surface area contributed by atoms with Gasteiger partial charge in [-0.1, -0.05) is 12.1 Å². The van der Waals surface area contributed by atoms with Gasteiger partial charge in [0.05, 0.1) is 5.75 Å². The zero-order valence-electron chi connectivity index (χ0n) is 17.9. The van der Waals surface area contributed by atoms with Gasteiger partial charge < -0.3 is 10.2 Å². The molecule has 9 heteroatoms. The topological polar surface area (TPSA) is 87.2 Å². The number of rotatable bonds is 7. The van der Waals surface area contributed by atoms with Gasteiger partial charge in [-0.2, -0.15) is 4.98 Å². The quantitative estimate of drug-likeness (QED) is 0.541. The number of hydrogen-bond donors (Lipinski definition) is 2. The number of nitrogens with zero attached hydrogens (tertiary/aromatic N) is 3. The van der Waals surface area contributed by atoms with Crippen LogP contribution >= 0.6 is 0 Å². The summed E-state index contributed by atoms with van der Waals surface area (Å²) in [7, 11) is -3.62. The monoisotopic (exact) mass is 455 g/mol. The zero-order chi connectivity index (χ0) is 22.6. The van der Waals surface area contributed by atoms with E-state index in [1.807, 2.05) is 13.0 Å². The van der Waals surface area contributed by atoms with Gasteiger partial charge >= 0.3 is 0 Å². The van der Waals surface area contributed by atoms with Gasteiger partial charge in [0.25, 0.3) is 0 Å². The SMILES string of the molecule is Cc1cc(N2CCCCC2)nc(Nc2ccc(NS(=O)(=O)Cc3ccc(F)cc3)cc2)n1. The van der Waals surface area contributed by atoms with Crippen molar-refractivity contribution < 1.29 is 12.8 Å². The van der Waals surface area contributed by atoms with E-state index >= 15 is 0 Å². The van der Waals surface area contributed by atoms with E-state index in [0.717, 1.165) is 30.3 Å². The summed E-state index contributed by atoms with van der Waals surface area (Å²) < 4.78 is 40.4. The molecule has 2 N–H and O–H groups in total. The predicted molar refractivity (Wildman–Crippen MR) is 125 cm³/mol. The van der Waals surface area contributed by atoms with Gasteiger partial charge in [0.1, 0.15) is 11.6 Å². The molecule has 2 aromatic carbocycles. The summed E-state index contributed by atoms with van der Waals surface area (Å²) in [6, 6.07) is 14.3. The van der Waals surface area contributed by atoms with Gasteiger partial charge in [0.15, 0.2) is 0 Å². The van der Waals surface area contributed by atoms with Crippen molar-refractivity contribution in [2.75, 3.05) is 28.0 Å². The van der Waals surface area contributed by atoms with Crippen LogP contribution < -0.4 is 14.9 Å². The Bertz CT molecular complexity index is 1160. The average molecular weight is 456 g/mol. The fraction of sp³-hybridized carbons (Fsp3) is 0.304. The van der Waals surface area contributed by atoms with Crippen LogP contribution in [0.2, 0.25) is 0 Å². The van der Waals surface area contributed by atoms with Gasteiger partial charge in [-0.3, -0.25) is 4.72 Å². The highest BCUT2D eigenvalue weighted by atomic mass is 32.2. The number of piperidine rings is 1. The van der Waals surface area contributed by atoms with E-state index in [9.17, 15) is 12.8 Å². The molecule has 0 unspecified atom stereocenters. The molecule has 1 saturated heterocycles. The maximum Gasteiger partial charge on any atom is 0.236 e. The summed E-state index contributed by atoms with van der Waals surface area (Å²) in [6.07, 6.45) is 3.60. The molecule has 0 amide bonds. The molecule has 1 fully saturated rings. The Hall–Kier alpha value is -3.20. The summed E-state index contributed by atoms with van der Waals surface area (Å²) in [5, 5.41) is 3.20. The summed E-state index contributed by atoms with van der Waals surface area (Å²) in [5.41, 5.74) is 2.59. The van der Waals surface area contributed by atoms with E-state index in [2.05, 4.69) is 24.9 Å². The standard InChI is InChI=1S/C23H26FN5O2S/c1-17-15-22(29-13-3-2-4-14-29)27-23(25-17)26-20-9-11-21(12-10-20)28-32(30,31)16-18-5-7-19(24)8-6-18/h5-12,15,28H,2-4,13-14,16H2,1H3,(H,25,26,27). The highest BCUT2D eigenvalue weighted by Crippen LogP contribution is 2.23. The lowest BCUT2D eigenvalue weighted by Crippen LogP contribution is -2.30. The fourth-order valence-corrected chi connectivity index (χ4v) is 4.86. The predicted octanol–water partition coefficient (Wildman–Crippen LogP) is 4.60. The number of sulfonamides is 1. The number of nitrogens with one attached hydrogen (secondary N) is 2. The zero-order valence-corrected chi connectivity index (χ0v) is 18.7. The number of halogens is 1. The summed E-state index contributed by atoms with van der Waals surface area (Å²) in [4.78, 5) is 11.4. The van der Waals surface area contributed by atoms with Crippen molar-refractivity contribution in [2.24, 2.45) is 0 Å². The minimum Gasteiger partial charge on any atom is -0.356 e. The van der Waals surface area contributed by atoms with Crippen LogP contribution in [-0.2, 0) is 15.8 Å². The second-order valence-corrected chi connectivity index (χ2v) is 9.65. The first-order valence-electron chi connectivity index (χ1n) is 10.6. The first-order valence-corrected chi connectivity index (χ1v) is 12.2. The maximum atomic E-state index is 13.0. The lowest BCUT2D eigenvalue weighted by atomic mass is 10.1. The molecule has 32 heavy (non-hydrogen) atoms. The average Bonchev–Trinajstić information content (AvgIpc) is 2.77. The third-order valence-corrected chi connectivity index (χ3v) is 6.47. The summed E-state index contributed by atoms with van der Waals surface area (Å²) >= 11 is 0. The molecule has 1 aliphatic rings. The van der Waals surface area contributed by atoms with Gasteiger partial charge in [0, 0.05) is 36.2 Å². The molecular formula is C23H26FN5O2S. The Labute approximate surface area is 187 Å². The minimum absolute atomic E-state index is 0.232. The Morgan fingerprint density at radius 2 is 1.59 bits per heavy atom. The first-order chi connectivity index (χ1) is 15.4. The molecule has 0 saturated carbocycles. The normalized spacial score (nSPS) is 14.2. The van der Waals surface area contributed by atoms with Crippen LogP contribution in [-0.4, -0.2) is 31.5 Å². The van der Waals surface area contributed by atoms with Crippen LogP contribution in [0.15, 0.2) is 54.6 Å². The van der Waals surface area contributed by atoms with Gasteiger partial charge in [-0.05, 0) is 68.1 Å². The number of hydrogen-bond acceptors (Lipinski definition) is 6. The lowest BCUT2D eigenvalue weighted by molar-refractivity contribution is 0.573. The largest absolute Gasteiger partial charge is 0.356 e. The van der Waals surface area contributed by atoms with Gasteiger partial charge in [0.2, 0.25) is 16.0 Å². The molecule has 0 atom stereocenters. The van der Waals surface area contributed by atoms with Crippen molar-refractivity contribution in [3.63, 3.8) is 0 Å². The second kappa shape index (κ2) is 9.52. The Morgan fingerprint density at radius 1 is 0.938 bits per heavy atom. The Balaban J connectivity index is 1.41. The molecule has 168 valence electrons. The fourth-order valence-electron chi connectivity index (χ4n) is 3.66. The maximum absolute atomic E-state index is 13.0. The summed E-state index contributed by atoms with van der Waals surface area (Å²) in [5.74, 6) is 0.798. The summed E-state index contributed by atoms with van der Waals surface area (Å²) in [6.45, 7) is 3.95. The molecule has 1 aromatic heterocycles. The van der Waals surface area contributed by atoms with Crippen molar-refractivity contribution in [1.29, 1.82) is 0 Å². The van der Waals surface area contributed by atoms with Crippen LogP contribution in [0.4, 0.5) is 27.5 Å².